The SMILES string of the molecule is COCc1ccc(I)cc1N. The Kier molecular flexibility index (Phi) is 3.14. The molecule has 2 nitrogen and oxygen atoms in total. The summed E-state index contributed by atoms with van der Waals surface area (Å²) >= 11 is 2.23. The van der Waals surface area contributed by atoms with Crippen LogP contribution in [0.25, 0.3) is 0 Å². The van der Waals surface area contributed by atoms with Gasteiger partial charge < -0.3 is 10.5 Å². The molecule has 0 aliphatic carbocycles. The van der Waals surface area contributed by atoms with E-state index in [1.54, 1.807) is 7.11 Å². The highest BCUT2D eigenvalue weighted by Crippen LogP contribution is 2.16. The molecule has 0 saturated carbocycles. The molecule has 0 unspecified atom stereocenters. The molecule has 0 aliphatic heterocycles. The van der Waals surface area contributed by atoms with Crippen molar-refractivity contribution in [2.45, 2.75) is 6.61 Å². The molecule has 3 heteroatoms. The molecule has 0 fully saturated rings. The van der Waals surface area contributed by atoms with Crippen molar-refractivity contribution in [1.29, 1.82) is 0 Å². The van der Waals surface area contributed by atoms with Crippen LogP contribution in [-0.2, 0) is 11.3 Å². The van der Waals surface area contributed by atoms with Crippen LogP contribution in [0.4, 0.5) is 5.69 Å². The van der Waals surface area contributed by atoms with Crippen molar-refractivity contribution in [2.24, 2.45) is 0 Å². The van der Waals surface area contributed by atoms with Gasteiger partial charge in [0.1, 0.15) is 0 Å². The number of ether oxygens (including phenoxy) is 1. The molecule has 60 valence electrons. The smallest absolute Gasteiger partial charge is 0.0733 e. The minimum absolute atomic E-state index is 0.586. The lowest BCUT2D eigenvalue weighted by atomic mass is 10.2. The second kappa shape index (κ2) is 3.92. The van der Waals surface area contributed by atoms with Crippen LogP contribution in [0.2, 0.25) is 0 Å². The molecule has 0 amide bonds. The minimum atomic E-state index is 0.586. The number of anilines is 1. The Hall–Kier alpha value is -0.290. The number of halogens is 1. The van der Waals surface area contributed by atoms with Gasteiger partial charge in [-0.1, -0.05) is 6.07 Å². The van der Waals surface area contributed by atoms with Crippen LogP contribution in [0.3, 0.4) is 0 Å². The van der Waals surface area contributed by atoms with E-state index in [1.807, 2.05) is 18.2 Å². The lowest BCUT2D eigenvalue weighted by Gasteiger charge is -2.03. The fourth-order valence-electron chi connectivity index (χ4n) is 0.853. The molecule has 11 heavy (non-hydrogen) atoms. The van der Waals surface area contributed by atoms with Crippen LogP contribution in [0.5, 0.6) is 0 Å². The number of nitrogens with two attached hydrogens (primary N) is 1. The van der Waals surface area contributed by atoms with Crippen LogP contribution >= 0.6 is 22.6 Å². The highest BCUT2D eigenvalue weighted by Gasteiger charge is 1.97. The number of methoxy groups -OCH3 is 1. The predicted molar refractivity (Wildman–Crippen MR) is 54.3 cm³/mol. The summed E-state index contributed by atoms with van der Waals surface area (Å²) in [5.74, 6) is 0. The zero-order chi connectivity index (χ0) is 8.27. The lowest BCUT2D eigenvalue weighted by molar-refractivity contribution is 0.185. The van der Waals surface area contributed by atoms with E-state index in [9.17, 15) is 0 Å². The topological polar surface area (TPSA) is 35.2 Å². The summed E-state index contributed by atoms with van der Waals surface area (Å²) in [5, 5.41) is 0. The van der Waals surface area contributed by atoms with Crippen molar-refractivity contribution in [1.82, 2.24) is 0 Å². The molecule has 1 aromatic carbocycles. The van der Waals surface area contributed by atoms with Gasteiger partial charge in [-0.05, 0) is 34.7 Å². The maximum atomic E-state index is 5.72. The van der Waals surface area contributed by atoms with E-state index in [2.05, 4.69) is 22.6 Å². The first-order valence-corrected chi connectivity index (χ1v) is 4.34. The molecule has 0 aromatic heterocycles. The fraction of sp³-hybridized carbons (Fsp3) is 0.250. The first kappa shape index (κ1) is 8.80. The molecular formula is C8H10INO. The molecule has 0 bridgehead atoms. The average molecular weight is 263 g/mol. The highest BCUT2D eigenvalue weighted by molar-refractivity contribution is 14.1. The predicted octanol–water partition coefficient (Wildman–Crippen LogP) is 2.02. The van der Waals surface area contributed by atoms with Gasteiger partial charge in [-0.2, -0.15) is 0 Å². The number of benzene rings is 1. The van der Waals surface area contributed by atoms with Gasteiger partial charge in [-0.25, -0.2) is 0 Å². The maximum absolute atomic E-state index is 5.72. The Morgan fingerprint density at radius 1 is 1.55 bits per heavy atom. The van der Waals surface area contributed by atoms with Crippen LogP contribution < -0.4 is 5.73 Å². The van der Waals surface area contributed by atoms with Gasteiger partial charge in [0.2, 0.25) is 0 Å². The summed E-state index contributed by atoms with van der Waals surface area (Å²) in [6, 6.07) is 5.95. The standard InChI is InChI=1S/C8H10INO/c1-11-5-6-2-3-7(9)4-8(6)10/h2-4H,5,10H2,1H3. The van der Waals surface area contributed by atoms with Crippen molar-refractivity contribution >= 4 is 28.3 Å². The molecule has 0 radical (unpaired) electrons. The van der Waals surface area contributed by atoms with Gasteiger partial charge in [0.15, 0.2) is 0 Å². The largest absolute Gasteiger partial charge is 0.398 e. The molecule has 0 atom stereocenters. The molecule has 0 heterocycles. The van der Waals surface area contributed by atoms with Crippen molar-refractivity contribution in [2.75, 3.05) is 12.8 Å². The monoisotopic (exact) mass is 263 g/mol. The van der Waals surface area contributed by atoms with E-state index in [1.165, 1.54) is 0 Å². The molecular weight excluding hydrogens is 253 g/mol. The van der Waals surface area contributed by atoms with Gasteiger partial charge >= 0.3 is 0 Å². The van der Waals surface area contributed by atoms with Gasteiger partial charge in [0.05, 0.1) is 6.61 Å². The molecule has 0 saturated heterocycles. The summed E-state index contributed by atoms with van der Waals surface area (Å²) < 4.78 is 6.12. The van der Waals surface area contributed by atoms with Gasteiger partial charge in [0.25, 0.3) is 0 Å². The Morgan fingerprint density at radius 3 is 2.82 bits per heavy atom. The number of nitrogen functional groups attached to an aromatic ring is 1. The third-order valence-corrected chi connectivity index (χ3v) is 2.08. The van der Waals surface area contributed by atoms with Gasteiger partial charge in [-0.15, -0.1) is 0 Å². The van der Waals surface area contributed by atoms with Crippen molar-refractivity contribution in [3.63, 3.8) is 0 Å². The number of hydrogen-bond acceptors (Lipinski definition) is 2. The summed E-state index contributed by atoms with van der Waals surface area (Å²) in [5.41, 5.74) is 7.58. The van der Waals surface area contributed by atoms with Crippen molar-refractivity contribution in [3.05, 3.63) is 27.3 Å². The summed E-state index contributed by atoms with van der Waals surface area (Å²) in [6.07, 6.45) is 0. The highest BCUT2D eigenvalue weighted by atomic mass is 127. The molecule has 2 N–H and O–H groups in total. The second-order valence-electron chi connectivity index (χ2n) is 2.28. The van der Waals surface area contributed by atoms with Crippen molar-refractivity contribution < 1.29 is 4.74 Å². The van der Waals surface area contributed by atoms with E-state index in [0.717, 1.165) is 14.8 Å². The van der Waals surface area contributed by atoms with Crippen LogP contribution in [0.1, 0.15) is 5.56 Å². The Morgan fingerprint density at radius 2 is 2.27 bits per heavy atom. The van der Waals surface area contributed by atoms with E-state index in [-0.39, 0.29) is 0 Å². The van der Waals surface area contributed by atoms with Gasteiger partial charge in [0, 0.05) is 21.9 Å². The number of hydrogen-bond donors (Lipinski definition) is 1. The van der Waals surface area contributed by atoms with Crippen LogP contribution in [-0.4, -0.2) is 7.11 Å². The zero-order valence-electron chi connectivity index (χ0n) is 6.30. The lowest BCUT2D eigenvalue weighted by Crippen LogP contribution is -1.95. The van der Waals surface area contributed by atoms with E-state index < -0.39 is 0 Å². The van der Waals surface area contributed by atoms with E-state index >= 15 is 0 Å². The summed E-state index contributed by atoms with van der Waals surface area (Å²) in [6.45, 7) is 0.586. The Bertz CT molecular complexity index is 250. The quantitative estimate of drug-likeness (QED) is 0.654. The van der Waals surface area contributed by atoms with Crippen LogP contribution in [0.15, 0.2) is 18.2 Å². The molecule has 0 aliphatic rings. The van der Waals surface area contributed by atoms with Gasteiger partial charge in [-0.3, -0.25) is 0 Å². The molecule has 1 rings (SSSR count). The third kappa shape index (κ3) is 2.34. The zero-order valence-corrected chi connectivity index (χ0v) is 8.46. The van der Waals surface area contributed by atoms with E-state index in [4.69, 9.17) is 10.5 Å². The molecule has 1 aromatic rings. The Labute approximate surface area is 79.9 Å². The van der Waals surface area contributed by atoms with Crippen molar-refractivity contribution in [3.8, 4) is 0 Å². The normalized spacial score (nSPS) is 10.0. The summed E-state index contributed by atoms with van der Waals surface area (Å²) in [4.78, 5) is 0. The fourth-order valence-corrected chi connectivity index (χ4v) is 1.37. The first-order chi connectivity index (χ1) is 5.24. The Balaban J connectivity index is 2.90. The average Bonchev–Trinajstić information content (AvgIpc) is 1.95. The van der Waals surface area contributed by atoms with Crippen LogP contribution in [0, 0.1) is 3.57 Å². The first-order valence-electron chi connectivity index (χ1n) is 3.27. The third-order valence-electron chi connectivity index (χ3n) is 1.41. The molecule has 0 spiro atoms. The summed E-state index contributed by atoms with van der Waals surface area (Å²) in [7, 11) is 1.66. The maximum Gasteiger partial charge on any atom is 0.0733 e. The second-order valence-corrected chi connectivity index (χ2v) is 3.52. The minimum Gasteiger partial charge on any atom is -0.398 e. The van der Waals surface area contributed by atoms with E-state index in [0.29, 0.717) is 6.61 Å². The number of rotatable bonds is 2.